The van der Waals surface area contributed by atoms with Gasteiger partial charge in [0.25, 0.3) is 0 Å². The maximum Gasteiger partial charge on any atom is 0.241 e. The van der Waals surface area contributed by atoms with Crippen LogP contribution in [-0.4, -0.2) is 43.3 Å². The molecular weight excluding hydrogens is 314 g/mol. The second-order valence-corrected chi connectivity index (χ2v) is 7.05. The maximum atomic E-state index is 11.8. The zero-order chi connectivity index (χ0) is 17.9. The molecule has 25 heavy (non-hydrogen) atoms. The number of rotatable bonds is 9. The number of ether oxygens (including phenoxy) is 1. The number of carbonyl (C=O) groups is 1. The van der Waals surface area contributed by atoms with E-state index >= 15 is 0 Å². The Morgan fingerprint density at radius 1 is 1.24 bits per heavy atom. The van der Waals surface area contributed by atoms with E-state index in [1.54, 1.807) is 6.21 Å². The van der Waals surface area contributed by atoms with Crippen LogP contribution < -0.4 is 10.2 Å². The second-order valence-electron chi connectivity index (χ2n) is 7.05. The lowest BCUT2D eigenvalue weighted by Crippen LogP contribution is -2.33. The summed E-state index contributed by atoms with van der Waals surface area (Å²) in [5.41, 5.74) is 3.54. The molecule has 0 spiro atoms. The van der Waals surface area contributed by atoms with Gasteiger partial charge in [-0.25, -0.2) is 5.43 Å². The second kappa shape index (κ2) is 10.9. The van der Waals surface area contributed by atoms with Crippen LogP contribution in [0.1, 0.15) is 51.5 Å². The molecule has 0 atom stereocenters. The van der Waals surface area contributed by atoms with E-state index in [1.807, 2.05) is 24.3 Å². The van der Waals surface area contributed by atoms with Crippen molar-refractivity contribution in [3.8, 4) is 5.75 Å². The molecule has 1 aliphatic heterocycles. The predicted octanol–water partition coefficient (Wildman–Crippen LogP) is 3.44. The highest BCUT2D eigenvalue weighted by Gasteiger charge is 2.11. The van der Waals surface area contributed by atoms with Crippen molar-refractivity contribution in [3.63, 3.8) is 0 Å². The minimum atomic E-state index is -0.0320. The van der Waals surface area contributed by atoms with Crippen molar-refractivity contribution in [2.24, 2.45) is 11.0 Å². The Labute approximate surface area is 151 Å². The summed E-state index contributed by atoms with van der Waals surface area (Å²) >= 11 is 0. The maximum absolute atomic E-state index is 11.8. The highest BCUT2D eigenvalue weighted by Crippen LogP contribution is 2.12. The summed E-state index contributed by atoms with van der Waals surface area (Å²) in [5.74, 6) is 1.48. The molecule has 0 aromatic heterocycles. The molecule has 1 fully saturated rings. The Kier molecular flexibility index (Phi) is 8.46. The number of carbonyl (C=O) groups excluding carboxylic acids is 1. The lowest BCUT2D eigenvalue weighted by atomic mass is 10.1. The number of nitrogens with zero attached hydrogens (tertiary/aromatic N) is 2. The van der Waals surface area contributed by atoms with Crippen molar-refractivity contribution < 1.29 is 9.53 Å². The molecule has 1 saturated heterocycles. The lowest BCUT2D eigenvalue weighted by Gasteiger charge is -2.25. The van der Waals surface area contributed by atoms with E-state index in [0.29, 0.717) is 12.3 Å². The topological polar surface area (TPSA) is 53.9 Å². The summed E-state index contributed by atoms with van der Waals surface area (Å²) < 4.78 is 5.69. The van der Waals surface area contributed by atoms with Gasteiger partial charge in [0.05, 0.1) is 12.8 Å². The smallest absolute Gasteiger partial charge is 0.241 e. The van der Waals surface area contributed by atoms with Crippen molar-refractivity contribution in [1.82, 2.24) is 10.3 Å². The number of benzene rings is 1. The first-order valence-electron chi connectivity index (χ1n) is 9.40. The molecule has 0 aliphatic carbocycles. The van der Waals surface area contributed by atoms with Crippen LogP contribution >= 0.6 is 0 Å². The normalized spacial score (nSPS) is 15.6. The molecule has 0 unspecified atom stereocenters. The van der Waals surface area contributed by atoms with Gasteiger partial charge in [-0.05, 0) is 68.1 Å². The van der Waals surface area contributed by atoms with Crippen molar-refractivity contribution in [3.05, 3.63) is 29.8 Å². The summed E-state index contributed by atoms with van der Waals surface area (Å²) in [6.45, 7) is 8.15. The van der Waals surface area contributed by atoms with Crippen LogP contribution in [0.15, 0.2) is 29.4 Å². The zero-order valence-corrected chi connectivity index (χ0v) is 15.5. The van der Waals surface area contributed by atoms with Gasteiger partial charge < -0.3 is 9.64 Å². The molecule has 5 heteroatoms. The highest BCUT2D eigenvalue weighted by molar-refractivity contribution is 5.82. The van der Waals surface area contributed by atoms with E-state index in [9.17, 15) is 4.79 Å². The Hall–Kier alpha value is -1.88. The summed E-state index contributed by atoms with van der Waals surface area (Å²) in [7, 11) is 0. The first-order chi connectivity index (χ1) is 12.1. The molecule has 5 nitrogen and oxygen atoms in total. The van der Waals surface area contributed by atoms with Crippen LogP contribution in [0.3, 0.4) is 0 Å². The molecule has 0 radical (unpaired) electrons. The van der Waals surface area contributed by atoms with Gasteiger partial charge in [-0.3, -0.25) is 4.79 Å². The van der Waals surface area contributed by atoms with Gasteiger partial charge in [-0.15, -0.1) is 0 Å². The Bertz CT molecular complexity index is 534. The van der Waals surface area contributed by atoms with E-state index < -0.39 is 0 Å². The van der Waals surface area contributed by atoms with Gasteiger partial charge in [0.15, 0.2) is 0 Å². The van der Waals surface area contributed by atoms with E-state index in [1.165, 1.54) is 19.3 Å². The molecule has 0 bridgehead atoms. The molecule has 138 valence electrons. The first-order valence-corrected chi connectivity index (χ1v) is 9.40. The van der Waals surface area contributed by atoms with Crippen molar-refractivity contribution in [2.45, 2.75) is 46.0 Å². The summed E-state index contributed by atoms with van der Waals surface area (Å²) in [4.78, 5) is 14.2. The molecule has 0 saturated carbocycles. The molecule has 1 amide bonds. The summed E-state index contributed by atoms with van der Waals surface area (Å²) in [5, 5.41) is 4.04. The van der Waals surface area contributed by atoms with Crippen molar-refractivity contribution >= 4 is 12.1 Å². The van der Waals surface area contributed by atoms with Crippen molar-refractivity contribution in [2.75, 3.05) is 26.2 Å². The number of nitrogens with one attached hydrogen (secondary N) is 1. The number of piperidine rings is 1. The Morgan fingerprint density at radius 3 is 2.64 bits per heavy atom. The number of likely N-dealkylation sites (tertiary alicyclic amines) is 1. The predicted molar refractivity (Wildman–Crippen MR) is 102 cm³/mol. The quantitative estimate of drug-likeness (QED) is 0.551. The van der Waals surface area contributed by atoms with Gasteiger partial charge >= 0.3 is 0 Å². The van der Waals surface area contributed by atoms with Crippen LogP contribution in [0, 0.1) is 5.92 Å². The van der Waals surface area contributed by atoms with E-state index in [2.05, 4.69) is 29.3 Å². The number of hydrazone groups is 1. The van der Waals surface area contributed by atoms with Crippen LogP contribution in [0.5, 0.6) is 5.75 Å². The third kappa shape index (κ3) is 8.16. The fourth-order valence-electron chi connectivity index (χ4n) is 2.74. The average Bonchev–Trinajstić information content (AvgIpc) is 2.62. The standard InChI is InChI=1S/C20H31N3O2/c1-17(2)11-15-25-19-8-6-18(7-9-19)16-21-22-20(24)10-14-23-12-4-3-5-13-23/h6-9,16-17H,3-5,10-15H2,1-2H3,(H,22,24)/b21-16+. The first kappa shape index (κ1) is 19.4. The van der Waals surface area contributed by atoms with Gasteiger partial charge in [0, 0.05) is 13.0 Å². The molecule has 1 aromatic rings. The van der Waals surface area contributed by atoms with Gasteiger partial charge in [0.1, 0.15) is 5.75 Å². The molecular formula is C20H31N3O2. The van der Waals surface area contributed by atoms with Crippen LogP contribution in [0.2, 0.25) is 0 Å². The van der Waals surface area contributed by atoms with Gasteiger partial charge in [0.2, 0.25) is 5.91 Å². The van der Waals surface area contributed by atoms with E-state index in [0.717, 1.165) is 44.0 Å². The largest absolute Gasteiger partial charge is 0.494 e. The van der Waals surface area contributed by atoms with Gasteiger partial charge in [-0.2, -0.15) is 5.10 Å². The van der Waals surface area contributed by atoms with Crippen LogP contribution in [0.4, 0.5) is 0 Å². The minimum Gasteiger partial charge on any atom is -0.494 e. The fourth-order valence-corrected chi connectivity index (χ4v) is 2.74. The van der Waals surface area contributed by atoms with Crippen LogP contribution in [-0.2, 0) is 4.79 Å². The molecule has 1 N–H and O–H groups in total. The Balaban J connectivity index is 1.65. The number of hydrogen-bond donors (Lipinski definition) is 1. The Morgan fingerprint density at radius 2 is 1.96 bits per heavy atom. The minimum absolute atomic E-state index is 0.0320. The van der Waals surface area contributed by atoms with E-state index in [-0.39, 0.29) is 5.91 Å². The third-order valence-corrected chi connectivity index (χ3v) is 4.35. The van der Waals surface area contributed by atoms with Crippen molar-refractivity contribution in [1.29, 1.82) is 0 Å². The monoisotopic (exact) mass is 345 g/mol. The molecule has 1 aliphatic rings. The number of amides is 1. The summed E-state index contributed by atoms with van der Waals surface area (Å²) in [6.07, 6.45) is 7.02. The number of hydrogen-bond acceptors (Lipinski definition) is 4. The fraction of sp³-hybridized carbons (Fsp3) is 0.600. The highest BCUT2D eigenvalue weighted by atomic mass is 16.5. The zero-order valence-electron chi connectivity index (χ0n) is 15.5. The summed E-state index contributed by atoms with van der Waals surface area (Å²) in [6, 6.07) is 7.74. The molecule has 2 rings (SSSR count). The van der Waals surface area contributed by atoms with E-state index in [4.69, 9.17) is 4.74 Å². The molecule has 1 heterocycles. The average molecular weight is 345 g/mol. The third-order valence-electron chi connectivity index (χ3n) is 4.35. The van der Waals surface area contributed by atoms with Crippen LogP contribution in [0.25, 0.3) is 0 Å². The lowest BCUT2D eigenvalue weighted by molar-refractivity contribution is -0.121. The molecule has 1 aromatic carbocycles. The van der Waals surface area contributed by atoms with Gasteiger partial charge in [-0.1, -0.05) is 20.3 Å². The SMILES string of the molecule is CC(C)CCOc1ccc(/C=N/NC(=O)CCN2CCCCC2)cc1.